The Bertz CT molecular complexity index is 802. The van der Waals surface area contributed by atoms with E-state index in [-0.39, 0.29) is 6.04 Å². The normalized spacial score (nSPS) is 24.0. The standard InChI is InChI=1S/C20H20INO2/c1-23-18-8-4-7-15(20(18)24-2)19-14-6-3-5-13(14)16-11-12(21)9-10-17(16)22-19/h3-5,7-11,13-14,19,22H,6H2,1-2H3/t13-,14-,19-/m1/s1. The molecule has 124 valence electrons. The Morgan fingerprint density at radius 1 is 1.08 bits per heavy atom. The molecule has 2 aromatic rings. The smallest absolute Gasteiger partial charge is 0.165 e. The minimum absolute atomic E-state index is 0.211. The lowest BCUT2D eigenvalue weighted by molar-refractivity contribution is 0.341. The third-order valence-corrected chi connectivity index (χ3v) is 5.76. The Morgan fingerprint density at radius 3 is 2.75 bits per heavy atom. The minimum Gasteiger partial charge on any atom is -0.493 e. The highest BCUT2D eigenvalue weighted by atomic mass is 127. The second kappa shape index (κ2) is 6.31. The van der Waals surface area contributed by atoms with Crippen LogP contribution >= 0.6 is 22.6 Å². The molecule has 24 heavy (non-hydrogen) atoms. The van der Waals surface area contributed by atoms with Crippen LogP contribution in [-0.2, 0) is 0 Å². The molecule has 0 saturated heterocycles. The second-order valence-corrected chi connectivity index (χ2v) is 7.54. The van der Waals surface area contributed by atoms with Gasteiger partial charge in [0.15, 0.2) is 11.5 Å². The number of fused-ring (bicyclic) bond motifs is 3. The third-order valence-electron chi connectivity index (χ3n) is 5.09. The molecule has 1 N–H and O–H groups in total. The first-order valence-corrected chi connectivity index (χ1v) is 9.24. The van der Waals surface area contributed by atoms with Crippen LogP contribution in [0.4, 0.5) is 5.69 Å². The van der Waals surface area contributed by atoms with Crippen LogP contribution in [0.2, 0.25) is 0 Å². The van der Waals surface area contributed by atoms with Crippen LogP contribution in [0.3, 0.4) is 0 Å². The summed E-state index contributed by atoms with van der Waals surface area (Å²) in [5, 5.41) is 3.76. The number of nitrogens with one attached hydrogen (secondary N) is 1. The lowest BCUT2D eigenvalue weighted by Gasteiger charge is -2.38. The van der Waals surface area contributed by atoms with Gasteiger partial charge in [-0.3, -0.25) is 0 Å². The van der Waals surface area contributed by atoms with E-state index < -0.39 is 0 Å². The van der Waals surface area contributed by atoms with E-state index >= 15 is 0 Å². The van der Waals surface area contributed by atoms with Crippen molar-refractivity contribution in [3.63, 3.8) is 0 Å². The molecular weight excluding hydrogens is 413 g/mol. The monoisotopic (exact) mass is 433 g/mol. The molecule has 0 amide bonds. The van der Waals surface area contributed by atoms with E-state index in [0.717, 1.165) is 17.9 Å². The highest BCUT2D eigenvalue weighted by molar-refractivity contribution is 14.1. The van der Waals surface area contributed by atoms with E-state index in [1.165, 1.54) is 20.4 Å². The van der Waals surface area contributed by atoms with Crippen molar-refractivity contribution in [1.82, 2.24) is 0 Å². The van der Waals surface area contributed by atoms with Crippen LogP contribution in [0.5, 0.6) is 11.5 Å². The summed E-state index contributed by atoms with van der Waals surface area (Å²) in [7, 11) is 3.40. The number of hydrogen-bond donors (Lipinski definition) is 1. The third kappa shape index (κ3) is 2.48. The first kappa shape index (κ1) is 15.8. The first-order chi connectivity index (χ1) is 11.7. The molecule has 0 bridgehead atoms. The molecule has 1 aliphatic carbocycles. The zero-order valence-corrected chi connectivity index (χ0v) is 15.9. The Hall–Kier alpha value is -1.69. The zero-order chi connectivity index (χ0) is 16.7. The summed E-state index contributed by atoms with van der Waals surface area (Å²) in [6, 6.07) is 13.0. The quantitative estimate of drug-likeness (QED) is 0.538. The van der Waals surface area contributed by atoms with Gasteiger partial charge >= 0.3 is 0 Å². The SMILES string of the molecule is COc1cccc([C@@H]2Nc3ccc(I)cc3[C@@H]3C=CC[C@H]32)c1OC. The number of methoxy groups -OCH3 is 2. The van der Waals surface area contributed by atoms with Crippen LogP contribution < -0.4 is 14.8 Å². The van der Waals surface area contributed by atoms with E-state index in [9.17, 15) is 0 Å². The fraction of sp³-hybridized carbons (Fsp3) is 0.300. The fourth-order valence-corrected chi connectivity index (χ4v) is 4.55. The Kier molecular flexibility index (Phi) is 4.16. The molecule has 0 spiro atoms. The number of rotatable bonds is 3. The van der Waals surface area contributed by atoms with Crippen molar-refractivity contribution in [1.29, 1.82) is 0 Å². The maximum absolute atomic E-state index is 5.69. The molecule has 0 radical (unpaired) electrons. The average molecular weight is 433 g/mol. The molecule has 0 aromatic heterocycles. The maximum atomic E-state index is 5.69. The largest absolute Gasteiger partial charge is 0.493 e. The molecule has 3 nitrogen and oxygen atoms in total. The average Bonchev–Trinajstić information content (AvgIpc) is 3.10. The van der Waals surface area contributed by atoms with Gasteiger partial charge in [-0.2, -0.15) is 0 Å². The number of ether oxygens (including phenoxy) is 2. The number of benzene rings is 2. The summed E-state index contributed by atoms with van der Waals surface area (Å²) >= 11 is 2.39. The van der Waals surface area contributed by atoms with Crippen molar-refractivity contribution in [2.75, 3.05) is 19.5 Å². The lowest BCUT2D eigenvalue weighted by atomic mass is 9.77. The molecule has 0 unspecified atom stereocenters. The molecule has 4 heteroatoms. The molecule has 0 fully saturated rings. The summed E-state index contributed by atoms with van der Waals surface area (Å²) in [4.78, 5) is 0. The van der Waals surface area contributed by atoms with Crippen LogP contribution in [0.25, 0.3) is 0 Å². The molecule has 1 heterocycles. The number of allylic oxidation sites excluding steroid dienone is 2. The van der Waals surface area contributed by atoms with Crippen molar-refractivity contribution < 1.29 is 9.47 Å². The topological polar surface area (TPSA) is 30.5 Å². The highest BCUT2D eigenvalue weighted by Crippen LogP contribution is 2.52. The summed E-state index contributed by atoms with van der Waals surface area (Å²) < 4.78 is 12.5. The molecule has 3 atom stereocenters. The van der Waals surface area contributed by atoms with Crippen LogP contribution in [-0.4, -0.2) is 14.2 Å². The van der Waals surface area contributed by atoms with Gasteiger partial charge in [-0.25, -0.2) is 0 Å². The van der Waals surface area contributed by atoms with E-state index in [1.54, 1.807) is 14.2 Å². The Morgan fingerprint density at radius 2 is 1.96 bits per heavy atom. The lowest BCUT2D eigenvalue weighted by Crippen LogP contribution is -2.29. The van der Waals surface area contributed by atoms with Crippen molar-refractivity contribution in [2.24, 2.45) is 5.92 Å². The summed E-state index contributed by atoms with van der Waals surface area (Å²) in [5.41, 5.74) is 3.79. The molecule has 4 rings (SSSR count). The van der Waals surface area contributed by atoms with Gasteiger partial charge in [-0.1, -0.05) is 24.3 Å². The summed E-state index contributed by atoms with van der Waals surface area (Å²) in [6.07, 6.45) is 5.75. The summed E-state index contributed by atoms with van der Waals surface area (Å²) in [6.45, 7) is 0. The first-order valence-electron chi connectivity index (χ1n) is 8.16. The van der Waals surface area contributed by atoms with Gasteiger partial charge < -0.3 is 14.8 Å². The maximum Gasteiger partial charge on any atom is 0.165 e. The van der Waals surface area contributed by atoms with E-state index in [1.807, 2.05) is 12.1 Å². The van der Waals surface area contributed by atoms with Crippen molar-refractivity contribution >= 4 is 28.3 Å². The Balaban J connectivity index is 1.82. The van der Waals surface area contributed by atoms with Crippen LogP contribution in [0.1, 0.15) is 29.5 Å². The van der Waals surface area contributed by atoms with Gasteiger partial charge in [0.1, 0.15) is 0 Å². The van der Waals surface area contributed by atoms with Crippen molar-refractivity contribution in [2.45, 2.75) is 18.4 Å². The number of para-hydroxylation sites is 1. The molecule has 2 aliphatic rings. The predicted octanol–water partition coefficient (Wildman–Crippen LogP) is 5.13. The fourth-order valence-electron chi connectivity index (χ4n) is 4.03. The van der Waals surface area contributed by atoms with Gasteiger partial charge in [0, 0.05) is 20.7 Å². The minimum atomic E-state index is 0.211. The van der Waals surface area contributed by atoms with E-state index in [4.69, 9.17) is 9.47 Å². The molecule has 2 aromatic carbocycles. The van der Waals surface area contributed by atoms with Gasteiger partial charge in [0.2, 0.25) is 0 Å². The van der Waals surface area contributed by atoms with Gasteiger partial charge in [0.05, 0.1) is 20.3 Å². The molecule has 1 aliphatic heterocycles. The van der Waals surface area contributed by atoms with E-state index in [2.05, 4.69) is 64.3 Å². The van der Waals surface area contributed by atoms with Crippen LogP contribution in [0, 0.1) is 9.49 Å². The van der Waals surface area contributed by atoms with Gasteiger partial charge in [-0.05, 0) is 64.8 Å². The van der Waals surface area contributed by atoms with Gasteiger partial charge in [-0.15, -0.1) is 0 Å². The number of hydrogen-bond acceptors (Lipinski definition) is 3. The second-order valence-electron chi connectivity index (χ2n) is 6.29. The number of halogens is 1. The Labute approximate surface area is 156 Å². The van der Waals surface area contributed by atoms with Gasteiger partial charge in [0.25, 0.3) is 0 Å². The predicted molar refractivity (Wildman–Crippen MR) is 105 cm³/mol. The van der Waals surface area contributed by atoms with E-state index in [0.29, 0.717) is 11.8 Å². The highest BCUT2D eigenvalue weighted by Gasteiger charge is 2.39. The molecular formula is C20H20INO2. The zero-order valence-electron chi connectivity index (χ0n) is 13.8. The molecule has 0 saturated carbocycles. The summed E-state index contributed by atoms with van der Waals surface area (Å²) in [5.74, 6) is 2.57. The van der Waals surface area contributed by atoms with Crippen LogP contribution in [0.15, 0.2) is 48.6 Å². The van der Waals surface area contributed by atoms with Crippen molar-refractivity contribution in [3.05, 3.63) is 63.2 Å². The van der Waals surface area contributed by atoms with Crippen molar-refractivity contribution in [3.8, 4) is 11.5 Å². The number of anilines is 1.